The van der Waals surface area contributed by atoms with Crippen LogP contribution >= 0.6 is 0 Å². The third kappa shape index (κ3) is 3.00. The standard InChI is InChI=1S/C15H14N2O4/c1-8-6-10(7-12(9(8)2)15(20)21)17-14(19)11-4-3-5-16-13(11)18/h3-7H,1-2H3,(H,16,18)(H,17,19)(H,20,21). The molecular formula is C15H14N2O4. The van der Waals surface area contributed by atoms with E-state index in [2.05, 4.69) is 10.3 Å². The van der Waals surface area contributed by atoms with E-state index in [9.17, 15) is 14.4 Å². The number of aromatic amines is 1. The Labute approximate surface area is 120 Å². The summed E-state index contributed by atoms with van der Waals surface area (Å²) in [6, 6.07) is 5.98. The van der Waals surface area contributed by atoms with E-state index in [-0.39, 0.29) is 11.1 Å². The van der Waals surface area contributed by atoms with E-state index in [4.69, 9.17) is 5.11 Å². The first kappa shape index (κ1) is 14.5. The lowest BCUT2D eigenvalue weighted by Crippen LogP contribution is -2.22. The Morgan fingerprint density at radius 2 is 1.90 bits per heavy atom. The third-order valence-electron chi connectivity index (χ3n) is 3.22. The van der Waals surface area contributed by atoms with Gasteiger partial charge in [0.05, 0.1) is 5.56 Å². The number of hydrogen-bond acceptors (Lipinski definition) is 3. The highest BCUT2D eigenvalue weighted by molar-refractivity contribution is 6.04. The molecule has 0 aliphatic rings. The lowest BCUT2D eigenvalue weighted by atomic mass is 10.0. The number of hydrogen-bond donors (Lipinski definition) is 3. The Balaban J connectivity index is 2.37. The van der Waals surface area contributed by atoms with Crippen LogP contribution in [0.3, 0.4) is 0 Å². The van der Waals surface area contributed by atoms with Gasteiger partial charge in [0.15, 0.2) is 0 Å². The van der Waals surface area contributed by atoms with Gasteiger partial charge in [-0.2, -0.15) is 0 Å². The highest BCUT2D eigenvalue weighted by Gasteiger charge is 2.14. The van der Waals surface area contributed by atoms with E-state index in [0.717, 1.165) is 5.56 Å². The molecular weight excluding hydrogens is 272 g/mol. The second-order valence-electron chi connectivity index (χ2n) is 4.64. The Bertz CT molecular complexity index is 777. The highest BCUT2D eigenvalue weighted by atomic mass is 16.4. The predicted molar refractivity (Wildman–Crippen MR) is 77.9 cm³/mol. The van der Waals surface area contributed by atoms with Gasteiger partial charge in [-0.25, -0.2) is 4.79 Å². The summed E-state index contributed by atoms with van der Waals surface area (Å²) in [5, 5.41) is 11.7. The Hall–Kier alpha value is -2.89. The third-order valence-corrected chi connectivity index (χ3v) is 3.22. The maximum Gasteiger partial charge on any atom is 0.336 e. The van der Waals surface area contributed by atoms with Gasteiger partial charge in [-0.15, -0.1) is 0 Å². The lowest BCUT2D eigenvalue weighted by Gasteiger charge is -2.10. The lowest BCUT2D eigenvalue weighted by molar-refractivity contribution is 0.0695. The number of H-pyrrole nitrogens is 1. The van der Waals surface area contributed by atoms with Gasteiger partial charge < -0.3 is 15.4 Å². The summed E-state index contributed by atoms with van der Waals surface area (Å²) in [5.74, 6) is -1.65. The molecule has 21 heavy (non-hydrogen) atoms. The zero-order valence-electron chi connectivity index (χ0n) is 11.6. The summed E-state index contributed by atoms with van der Waals surface area (Å²) in [5.41, 5.74) is 1.30. The normalized spacial score (nSPS) is 10.2. The molecule has 0 aliphatic heterocycles. The summed E-state index contributed by atoms with van der Waals surface area (Å²) in [4.78, 5) is 37.1. The Morgan fingerprint density at radius 1 is 1.19 bits per heavy atom. The molecule has 0 saturated carbocycles. The molecule has 0 radical (unpaired) electrons. The fraction of sp³-hybridized carbons (Fsp3) is 0.133. The number of pyridine rings is 1. The maximum absolute atomic E-state index is 12.0. The number of benzene rings is 1. The minimum absolute atomic E-state index is 0.0346. The van der Waals surface area contributed by atoms with Crippen LogP contribution in [0.15, 0.2) is 35.3 Å². The van der Waals surface area contributed by atoms with E-state index >= 15 is 0 Å². The second-order valence-corrected chi connectivity index (χ2v) is 4.64. The van der Waals surface area contributed by atoms with Crippen molar-refractivity contribution in [2.24, 2.45) is 0 Å². The van der Waals surface area contributed by atoms with Crippen molar-refractivity contribution in [2.75, 3.05) is 5.32 Å². The molecule has 2 aromatic rings. The number of carbonyl (C=O) groups excluding carboxylic acids is 1. The summed E-state index contributed by atoms with van der Waals surface area (Å²) >= 11 is 0. The number of nitrogens with one attached hydrogen (secondary N) is 2. The van der Waals surface area contributed by atoms with Crippen LogP contribution in [0.4, 0.5) is 5.69 Å². The van der Waals surface area contributed by atoms with Gasteiger partial charge >= 0.3 is 5.97 Å². The molecule has 0 spiro atoms. The molecule has 1 amide bonds. The van der Waals surface area contributed by atoms with Crippen LogP contribution in [-0.4, -0.2) is 22.0 Å². The van der Waals surface area contributed by atoms with Gasteiger partial charge in [0.2, 0.25) is 0 Å². The van der Waals surface area contributed by atoms with E-state index in [0.29, 0.717) is 11.3 Å². The number of amides is 1. The second kappa shape index (κ2) is 5.62. The van der Waals surface area contributed by atoms with Crippen LogP contribution < -0.4 is 10.9 Å². The van der Waals surface area contributed by atoms with Crippen molar-refractivity contribution in [1.82, 2.24) is 4.98 Å². The molecule has 2 rings (SSSR count). The summed E-state index contributed by atoms with van der Waals surface area (Å²) in [7, 11) is 0. The minimum atomic E-state index is -1.07. The number of aromatic nitrogens is 1. The number of anilines is 1. The smallest absolute Gasteiger partial charge is 0.336 e. The van der Waals surface area contributed by atoms with Gasteiger partial charge in [0.1, 0.15) is 5.56 Å². The van der Waals surface area contributed by atoms with Crippen LogP contribution in [0.5, 0.6) is 0 Å². The van der Waals surface area contributed by atoms with Crippen LogP contribution in [0.2, 0.25) is 0 Å². The molecule has 1 aromatic heterocycles. The zero-order valence-corrected chi connectivity index (χ0v) is 11.6. The number of carboxylic acid groups (broad SMARTS) is 1. The van der Waals surface area contributed by atoms with Crippen molar-refractivity contribution >= 4 is 17.6 Å². The molecule has 1 heterocycles. The first-order valence-corrected chi connectivity index (χ1v) is 6.23. The summed E-state index contributed by atoms with van der Waals surface area (Å²) in [6.07, 6.45) is 1.43. The molecule has 0 aliphatic carbocycles. The molecule has 6 nitrogen and oxygen atoms in total. The summed E-state index contributed by atoms with van der Waals surface area (Å²) in [6.45, 7) is 3.46. The summed E-state index contributed by atoms with van der Waals surface area (Å²) < 4.78 is 0. The molecule has 0 bridgehead atoms. The highest BCUT2D eigenvalue weighted by Crippen LogP contribution is 2.20. The van der Waals surface area contributed by atoms with Crippen molar-refractivity contribution in [3.8, 4) is 0 Å². The molecule has 1 aromatic carbocycles. The molecule has 0 fully saturated rings. The molecule has 0 atom stereocenters. The topological polar surface area (TPSA) is 99.3 Å². The van der Waals surface area contributed by atoms with Gasteiger partial charge in [-0.3, -0.25) is 9.59 Å². The minimum Gasteiger partial charge on any atom is -0.478 e. The molecule has 108 valence electrons. The van der Waals surface area contributed by atoms with Crippen LogP contribution in [0, 0.1) is 13.8 Å². The molecule has 0 unspecified atom stereocenters. The van der Waals surface area contributed by atoms with E-state index in [1.54, 1.807) is 26.0 Å². The van der Waals surface area contributed by atoms with Crippen LogP contribution in [0.25, 0.3) is 0 Å². The Morgan fingerprint density at radius 3 is 2.52 bits per heavy atom. The van der Waals surface area contributed by atoms with Crippen molar-refractivity contribution < 1.29 is 14.7 Å². The zero-order chi connectivity index (χ0) is 15.6. The van der Waals surface area contributed by atoms with Gasteiger partial charge in [-0.1, -0.05) is 0 Å². The fourth-order valence-corrected chi connectivity index (χ4v) is 1.95. The maximum atomic E-state index is 12.0. The van der Waals surface area contributed by atoms with Gasteiger partial charge in [-0.05, 0) is 49.2 Å². The largest absolute Gasteiger partial charge is 0.478 e. The van der Waals surface area contributed by atoms with Crippen molar-refractivity contribution in [3.05, 3.63) is 63.1 Å². The van der Waals surface area contributed by atoms with Crippen molar-refractivity contribution in [2.45, 2.75) is 13.8 Å². The van der Waals surface area contributed by atoms with E-state index in [1.165, 1.54) is 18.3 Å². The van der Waals surface area contributed by atoms with Crippen LogP contribution in [0.1, 0.15) is 31.8 Å². The average Bonchev–Trinajstić information content (AvgIpc) is 2.42. The number of carbonyl (C=O) groups is 2. The van der Waals surface area contributed by atoms with Crippen molar-refractivity contribution in [1.29, 1.82) is 0 Å². The average molecular weight is 286 g/mol. The van der Waals surface area contributed by atoms with Gasteiger partial charge in [0.25, 0.3) is 11.5 Å². The number of rotatable bonds is 3. The predicted octanol–water partition coefficient (Wildman–Crippen LogP) is 1.94. The van der Waals surface area contributed by atoms with Crippen molar-refractivity contribution in [3.63, 3.8) is 0 Å². The number of aromatic carboxylic acids is 1. The SMILES string of the molecule is Cc1cc(NC(=O)c2ccc[nH]c2=O)cc(C(=O)O)c1C. The first-order valence-electron chi connectivity index (χ1n) is 6.23. The fourth-order valence-electron chi connectivity index (χ4n) is 1.95. The number of aryl methyl sites for hydroxylation is 1. The Kier molecular flexibility index (Phi) is 3.89. The first-order chi connectivity index (χ1) is 9.90. The van der Waals surface area contributed by atoms with E-state index in [1.807, 2.05) is 0 Å². The van der Waals surface area contributed by atoms with E-state index < -0.39 is 17.4 Å². The molecule has 3 N–H and O–H groups in total. The quantitative estimate of drug-likeness (QED) is 0.802. The molecule has 0 saturated heterocycles. The van der Waals surface area contributed by atoms with Crippen LogP contribution in [-0.2, 0) is 0 Å². The van der Waals surface area contributed by atoms with Gasteiger partial charge in [0, 0.05) is 11.9 Å². The molecule has 6 heteroatoms. The monoisotopic (exact) mass is 286 g/mol. The number of carboxylic acids is 1.